The van der Waals surface area contributed by atoms with Crippen LogP contribution < -0.4 is 0 Å². The van der Waals surface area contributed by atoms with Gasteiger partial charge in [-0.15, -0.1) is 22.7 Å². The predicted octanol–water partition coefficient (Wildman–Crippen LogP) is 27.5. The third-order valence-corrected chi connectivity index (χ3v) is 24.9. The summed E-state index contributed by atoms with van der Waals surface area (Å²) in [6.07, 6.45) is 0. The minimum absolute atomic E-state index is 0.645. The lowest BCUT2D eigenvalue weighted by Crippen LogP contribution is -2.01. The summed E-state index contributed by atoms with van der Waals surface area (Å²) in [5, 5.41) is 14.7. The first-order valence-corrected chi connectivity index (χ1v) is 40.0. The Labute approximate surface area is 661 Å². The topological polar surface area (TPSA) is 84.2 Å². The molecule has 11 heteroatoms. The molecule has 0 aliphatic carbocycles. The number of hydrogen-bond donors (Lipinski definition) is 0. The second kappa shape index (κ2) is 26.5. The van der Waals surface area contributed by atoms with E-state index in [0.717, 1.165) is 94.3 Å². The maximum Gasteiger partial charge on any atom is 0.165 e. The van der Waals surface area contributed by atoms with Crippen molar-refractivity contribution >= 4 is 150 Å². The normalized spacial score (nSPS) is 11.9. The molecule has 114 heavy (non-hydrogen) atoms. The zero-order chi connectivity index (χ0) is 74.9. The van der Waals surface area contributed by atoms with E-state index >= 15 is 0 Å². The molecule has 532 valence electrons. The van der Waals surface area contributed by atoms with Gasteiger partial charge in [0, 0.05) is 140 Å². The lowest BCUT2D eigenvalue weighted by atomic mass is 10.0. The lowest BCUT2D eigenvalue weighted by molar-refractivity contribution is 1.07. The maximum atomic E-state index is 5.36. The highest BCUT2D eigenvalue weighted by Crippen LogP contribution is 2.48. The van der Waals surface area contributed by atoms with Crippen molar-refractivity contribution < 1.29 is 0 Å². The van der Waals surface area contributed by atoms with Crippen LogP contribution in [-0.4, -0.2) is 43.2 Å². The summed E-state index contributed by atoms with van der Waals surface area (Å²) in [4.78, 5) is 26.0. The highest BCUT2D eigenvalue weighted by atomic mass is 32.1. The highest BCUT2D eigenvalue weighted by Gasteiger charge is 2.26. The molecule has 0 fully saturated rings. The lowest BCUT2D eigenvalue weighted by Gasteiger charge is -2.14. The van der Waals surface area contributed by atoms with Crippen LogP contribution in [0.5, 0.6) is 0 Å². The Morgan fingerprint density at radius 1 is 0.175 bits per heavy atom. The Kier molecular flexibility index (Phi) is 15.1. The first kappa shape index (κ1) is 65.2. The van der Waals surface area contributed by atoms with Gasteiger partial charge in [0.2, 0.25) is 0 Å². The van der Waals surface area contributed by atoms with E-state index < -0.39 is 0 Å². The summed E-state index contributed by atoms with van der Waals surface area (Å²) < 4.78 is 14.5. The van der Waals surface area contributed by atoms with Crippen molar-refractivity contribution in [1.29, 1.82) is 0 Å². The van der Waals surface area contributed by atoms with E-state index in [1.54, 1.807) is 11.3 Å². The smallest absolute Gasteiger partial charge is 0.165 e. The van der Waals surface area contributed by atoms with Crippen molar-refractivity contribution in [2.45, 2.75) is 0 Å². The van der Waals surface area contributed by atoms with Gasteiger partial charge >= 0.3 is 0 Å². The molecule has 9 nitrogen and oxygen atoms in total. The molecule has 16 aromatic carbocycles. The van der Waals surface area contributed by atoms with Crippen molar-refractivity contribution in [3.05, 3.63) is 382 Å². The fourth-order valence-corrected chi connectivity index (χ4v) is 19.8. The fourth-order valence-electron chi connectivity index (χ4n) is 17.4. The zero-order valence-corrected chi connectivity index (χ0v) is 62.8. The Balaban J connectivity index is 0.000000135. The van der Waals surface area contributed by atoms with Gasteiger partial charge in [0.05, 0.1) is 55.5 Å². The molecule has 0 saturated carbocycles. The Morgan fingerprint density at radius 2 is 0.474 bits per heavy atom. The van der Waals surface area contributed by atoms with Gasteiger partial charge in [0.1, 0.15) is 0 Å². The Morgan fingerprint density at radius 3 is 0.877 bits per heavy atom. The second-order valence-electron chi connectivity index (χ2n) is 29.0. The minimum Gasteiger partial charge on any atom is -0.309 e. The summed E-state index contributed by atoms with van der Waals surface area (Å²) in [6, 6.07) is 136. The average Bonchev–Trinajstić information content (AvgIpc) is 1.56. The number of benzene rings is 16. The largest absolute Gasteiger partial charge is 0.309 e. The number of para-hydroxylation sites is 6. The standard InChI is InChI=1S/C52H32N4S.C51H31N5S/c1-4-16-33(17-5-1)44-31-45(54-52(53-44)34-18-6-2-7-19-34)43-29-36(28-42-39-24-12-15-27-50(39)57-51(42)43)56-47-26-14-11-23-38(47)41-30-40-37-22-10-13-25-46(37)55(48(40)32-49(41)56)35-20-8-3-9-21-35;1-4-16-32(17-5-1)49-52-50(33-18-6-2-7-19-33)54-51(53-49)42-29-35(28-41-38-24-12-15-27-47(38)57-48(41)42)56-44-26-14-11-23-37(44)40-30-39-36-22-10-13-25-43(36)55(45(39)31-46(40)56)34-20-8-3-9-21-34/h1-32H;1-31H. The fraction of sp³-hybridized carbons (Fsp3) is 0. The van der Waals surface area contributed by atoms with Crippen molar-refractivity contribution in [3.8, 4) is 90.8 Å². The monoisotopic (exact) mass is 1490 g/mol. The molecule has 0 radical (unpaired) electrons. The van der Waals surface area contributed by atoms with Crippen LogP contribution >= 0.6 is 22.7 Å². The molecule has 0 aliphatic heterocycles. The third-order valence-electron chi connectivity index (χ3n) is 22.4. The molecule has 0 aliphatic rings. The average molecular weight is 1490 g/mol. The van der Waals surface area contributed by atoms with Crippen LogP contribution in [0.1, 0.15) is 0 Å². The zero-order valence-electron chi connectivity index (χ0n) is 61.2. The first-order valence-electron chi connectivity index (χ1n) is 38.4. The van der Waals surface area contributed by atoms with Gasteiger partial charge in [-0.1, -0.05) is 267 Å². The molecule has 0 N–H and O–H groups in total. The molecule has 0 atom stereocenters. The number of hydrogen-bond acceptors (Lipinski definition) is 7. The Bertz CT molecular complexity index is 7370. The van der Waals surface area contributed by atoms with Crippen molar-refractivity contribution in [2.75, 3.05) is 0 Å². The molecule has 0 amide bonds. The van der Waals surface area contributed by atoms with E-state index in [0.29, 0.717) is 23.3 Å². The number of fused-ring (bicyclic) bond motifs is 18. The van der Waals surface area contributed by atoms with Crippen LogP contribution in [0.4, 0.5) is 0 Å². The van der Waals surface area contributed by atoms with Crippen molar-refractivity contribution in [1.82, 2.24) is 43.2 Å². The van der Waals surface area contributed by atoms with Gasteiger partial charge in [0.15, 0.2) is 23.3 Å². The molecule has 24 rings (SSSR count). The minimum atomic E-state index is 0.645. The van der Waals surface area contributed by atoms with Gasteiger partial charge in [-0.2, -0.15) is 0 Å². The molecule has 0 spiro atoms. The quantitative estimate of drug-likeness (QED) is 0.136. The second-order valence-corrected chi connectivity index (χ2v) is 31.1. The molecular weight excluding hydrogens is 1430 g/mol. The summed E-state index contributed by atoms with van der Waals surface area (Å²) in [7, 11) is 0. The van der Waals surface area contributed by atoms with Crippen LogP contribution in [0.2, 0.25) is 0 Å². The van der Waals surface area contributed by atoms with Crippen LogP contribution in [0, 0.1) is 0 Å². The van der Waals surface area contributed by atoms with Crippen molar-refractivity contribution in [3.63, 3.8) is 0 Å². The number of thiophene rings is 2. The highest BCUT2D eigenvalue weighted by molar-refractivity contribution is 7.26. The van der Waals surface area contributed by atoms with E-state index in [-0.39, 0.29) is 0 Å². The van der Waals surface area contributed by atoms with E-state index in [2.05, 4.69) is 352 Å². The molecule has 8 heterocycles. The Hall–Kier alpha value is -14.8. The molecule has 24 aromatic rings. The number of nitrogens with zero attached hydrogens (tertiary/aromatic N) is 9. The summed E-state index contributed by atoms with van der Waals surface area (Å²) in [6.45, 7) is 0. The number of rotatable bonds is 10. The SMILES string of the molecule is c1ccc(-c2cc(-c3cc(-n4c5ccccc5c5cc6c7ccccc7n(-c7ccccc7)c6cc54)cc4c3sc3ccccc34)nc(-c3ccccc3)n2)cc1.c1ccc(-c2nc(-c3ccccc3)nc(-c3cc(-n4c5ccccc5c5cc6c7ccccc7n(-c7ccccc7)c6cc54)cc4c3sc3ccccc34)n2)cc1. The predicted molar refractivity (Wildman–Crippen MR) is 478 cm³/mol. The van der Waals surface area contributed by atoms with E-state index in [9.17, 15) is 0 Å². The van der Waals surface area contributed by atoms with E-state index in [4.69, 9.17) is 24.9 Å². The summed E-state index contributed by atoms with van der Waals surface area (Å²) >= 11 is 3.62. The van der Waals surface area contributed by atoms with Gasteiger partial charge in [0.25, 0.3) is 0 Å². The molecule has 0 unspecified atom stereocenters. The van der Waals surface area contributed by atoms with Gasteiger partial charge in [-0.05, 0) is 115 Å². The van der Waals surface area contributed by atoms with Gasteiger partial charge in [-0.3, -0.25) is 0 Å². The van der Waals surface area contributed by atoms with Crippen LogP contribution in [0.15, 0.2) is 382 Å². The van der Waals surface area contributed by atoms with Crippen LogP contribution in [0.25, 0.3) is 218 Å². The molecule has 0 bridgehead atoms. The van der Waals surface area contributed by atoms with E-state index in [1.807, 2.05) is 59.9 Å². The molecule has 0 saturated heterocycles. The van der Waals surface area contributed by atoms with Crippen LogP contribution in [0.3, 0.4) is 0 Å². The first-order chi connectivity index (χ1) is 56.5. The van der Waals surface area contributed by atoms with Crippen molar-refractivity contribution in [2.24, 2.45) is 0 Å². The third kappa shape index (κ3) is 10.6. The van der Waals surface area contributed by atoms with E-state index in [1.165, 1.54) is 101 Å². The summed E-state index contributed by atoms with van der Waals surface area (Å²) in [5.74, 6) is 2.65. The van der Waals surface area contributed by atoms with Gasteiger partial charge < -0.3 is 18.3 Å². The number of aromatic nitrogens is 9. The summed E-state index contributed by atoms with van der Waals surface area (Å²) in [5.41, 5.74) is 21.6. The molecule has 8 aromatic heterocycles. The maximum absolute atomic E-state index is 5.36. The molecular formula is C103H63N9S2. The van der Waals surface area contributed by atoms with Gasteiger partial charge in [-0.25, -0.2) is 24.9 Å². The van der Waals surface area contributed by atoms with Crippen LogP contribution in [-0.2, 0) is 0 Å².